The quantitative estimate of drug-likeness (QED) is 0.180. The van der Waals surface area contributed by atoms with Gasteiger partial charge in [-0.15, -0.1) is 10.2 Å². The number of aromatic nitrogens is 4. The fraction of sp³-hybridized carbons (Fsp3) is 0.256. The number of ether oxygens (including phenoxy) is 3. The predicted octanol–water partition coefficient (Wildman–Crippen LogP) is 5.36. The lowest BCUT2D eigenvalue weighted by Crippen LogP contribution is -2.53. The molecule has 5 aromatic rings. The van der Waals surface area contributed by atoms with E-state index in [1.165, 1.54) is 20.7 Å². The maximum Gasteiger partial charge on any atom is 0.410 e. The molecule has 3 aromatic carbocycles. The Morgan fingerprint density at radius 1 is 0.852 bits per heavy atom. The lowest BCUT2D eigenvalue weighted by Gasteiger charge is -2.34. The lowest BCUT2D eigenvalue weighted by atomic mass is 10.1. The Morgan fingerprint density at radius 3 is 2.24 bits per heavy atom. The average molecular weight is 733 g/mol. The highest BCUT2D eigenvalue weighted by Crippen LogP contribution is 2.32. The first kappa shape index (κ1) is 37.0. The largest absolute Gasteiger partial charge is 0.488 e. The third-order valence-electron chi connectivity index (χ3n) is 8.04. The van der Waals surface area contributed by atoms with Crippen LogP contribution in [0.4, 0.5) is 21.1 Å². The van der Waals surface area contributed by atoms with Gasteiger partial charge in [0, 0.05) is 18.7 Å². The van der Waals surface area contributed by atoms with Crippen molar-refractivity contribution in [3.63, 3.8) is 0 Å². The van der Waals surface area contributed by atoms with Crippen LogP contribution in [-0.4, -0.2) is 80.7 Å². The smallest absolute Gasteiger partial charge is 0.410 e. The van der Waals surface area contributed by atoms with Crippen LogP contribution < -0.4 is 20.3 Å². The second kappa shape index (κ2) is 16.7. The van der Waals surface area contributed by atoms with Gasteiger partial charge in [-0.3, -0.25) is 14.5 Å². The van der Waals surface area contributed by atoms with Crippen molar-refractivity contribution in [2.75, 3.05) is 36.4 Å². The van der Waals surface area contributed by atoms with Gasteiger partial charge in [-0.2, -0.15) is 5.10 Å². The number of nitrogens with one attached hydrogen (secondary N) is 2. The molecule has 0 radical (unpaired) electrons. The zero-order valence-corrected chi connectivity index (χ0v) is 30.1. The Bertz CT molecular complexity index is 2100. The Kier molecular flexibility index (Phi) is 11.5. The van der Waals surface area contributed by atoms with Gasteiger partial charge in [0.15, 0.2) is 5.82 Å². The van der Waals surface area contributed by atoms with Crippen LogP contribution in [0.1, 0.15) is 31.9 Å². The first-order valence-electron chi connectivity index (χ1n) is 17.2. The highest BCUT2D eigenvalue weighted by Gasteiger charge is 2.31. The average Bonchev–Trinajstić information content (AvgIpc) is 3.66. The van der Waals surface area contributed by atoms with Crippen LogP contribution in [0.3, 0.4) is 0 Å². The summed E-state index contributed by atoms with van der Waals surface area (Å²) in [6, 6.07) is 27.9. The van der Waals surface area contributed by atoms with Gasteiger partial charge in [0.25, 0.3) is 0 Å². The van der Waals surface area contributed by atoms with Crippen molar-refractivity contribution in [3.05, 3.63) is 115 Å². The van der Waals surface area contributed by atoms with Crippen LogP contribution >= 0.6 is 0 Å². The number of amides is 4. The molecule has 4 amide bonds. The molecule has 1 saturated heterocycles. The maximum absolute atomic E-state index is 13.2. The molecular formula is C39H40N8O7. The number of alkyl carbamates (subject to hydrolysis) is 1. The van der Waals surface area contributed by atoms with Crippen LogP contribution in [0.5, 0.6) is 5.75 Å². The van der Waals surface area contributed by atoms with Gasteiger partial charge in [-0.05, 0) is 50.1 Å². The molecule has 2 aromatic heterocycles. The fourth-order valence-corrected chi connectivity index (χ4v) is 5.43. The van der Waals surface area contributed by atoms with E-state index in [0.717, 1.165) is 11.1 Å². The van der Waals surface area contributed by atoms with E-state index in [1.807, 2.05) is 84.9 Å². The molecular weight excluding hydrogens is 692 g/mol. The van der Waals surface area contributed by atoms with E-state index in [9.17, 15) is 19.2 Å². The lowest BCUT2D eigenvalue weighted by molar-refractivity contribution is -0.121. The molecule has 1 aliphatic rings. The molecule has 15 nitrogen and oxygen atoms in total. The number of anilines is 2. The van der Waals surface area contributed by atoms with Gasteiger partial charge in [0.2, 0.25) is 11.8 Å². The van der Waals surface area contributed by atoms with Gasteiger partial charge in [0.05, 0.1) is 23.8 Å². The summed E-state index contributed by atoms with van der Waals surface area (Å²) in [5.74, 6) is -0.307. The molecule has 0 spiro atoms. The molecule has 0 unspecified atom stereocenters. The van der Waals surface area contributed by atoms with E-state index >= 15 is 0 Å². The first-order valence-corrected chi connectivity index (χ1v) is 17.2. The molecule has 1 aliphatic heterocycles. The van der Waals surface area contributed by atoms with E-state index in [2.05, 4.69) is 25.9 Å². The van der Waals surface area contributed by atoms with Crippen molar-refractivity contribution in [3.8, 4) is 22.7 Å². The van der Waals surface area contributed by atoms with Crippen molar-refractivity contribution in [2.45, 2.75) is 39.6 Å². The molecule has 0 aliphatic carbocycles. The Morgan fingerprint density at radius 2 is 1.54 bits per heavy atom. The Hall–Kier alpha value is -6.77. The molecule has 278 valence electrons. The van der Waals surface area contributed by atoms with Gasteiger partial charge >= 0.3 is 12.2 Å². The zero-order chi connectivity index (χ0) is 38.1. The number of hydrogen-bond acceptors (Lipinski definition) is 10. The van der Waals surface area contributed by atoms with Crippen LogP contribution in [-0.2, 0) is 32.3 Å². The molecule has 54 heavy (non-hydrogen) atoms. The molecule has 1 fully saturated rings. The number of carbonyl (C=O) groups is 4. The fourth-order valence-electron chi connectivity index (χ4n) is 5.43. The van der Waals surface area contributed by atoms with Crippen LogP contribution in [0, 0.1) is 0 Å². The number of rotatable bonds is 11. The molecule has 6 rings (SSSR count). The summed E-state index contributed by atoms with van der Waals surface area (Å²) in [5.41, 5.74) is 2.95. The highest BCUT2D eigenvalue weighted by atomic mass is 16.6. The molecule has 2 N–H and O–H groups in total. The van der Waals surface area contributed by atoms with Gasteiger partial charge < -0.3 is 29.7 Å². The van der Waals surface area contributed by atoms with Crippen molar-refractivity contribution in [1.82, 2.24) is 30.2 Å². The van der Waals surface area contributed by atoms with Gasteiger partial charge in [-0.1, -0.05) is 72.8 Å². The van der Waals surface area contributed by atoms with Gasteiger partial charge in [0.1, 0.15) is 43.3 Å². The van der Waals surface area contributed by atoms with Crippen LogP contribution in [0.15, 0.2) is 103 Å². The van der Waals surface area contributed by atoms with Crippen molar-refractivity contribution >= 4 is 35.5 Å². The number of carbonyl (C=O) groups excluding carboxylic acids is 4. The monoisotopic (exact) mass is 732 g/mol. The number of benzene rings is 3. The summed E-state index contributed by atoms with van der Waals surface area (Å²) in [7, 11) is 0. The zero-order valence-electron chi connectivity index (χ0n) is 30.1. The maximum atomic E-state index is 13.2. The van der Waals surface area contributed by atoms with Crippen molar-refractivity contribution in [2.24, 2.45) is 0 Å². The third kappa shape index (κ3) is 9.76. The standard InChI is InChI=1S/C39H40N8O7/c1-39(2,3)54-38(51)45-18-19-46(35(49)24-45)29-21-41-47(23-29)32-20-31(30-16-10-11-17-33(30)52-25-27-12-6-4-7-13-27)43-44-36(32)42-34(48)22-40-37(50)53-26-28-14-8-5-9-15-28/h4-17,20-21,23H,18-19,22,24-26H2,1-3H3,(H,40,50)(H,42,44,48). The Labute approximate surface area is 311 Å². The predicted molar refractivity (Wildman–Crippen MR) is 199 cm³/mol. The minimum atomic E-state index is -0.768. The number of piperazine rings is 1. The summed E-state index contributed by atoms with van der Waals surface area (Å²) in [4.78, 5) is 54.1. The minimum absolute atomic E-state index is 0.0432. The van der Waals surface area contributed by atoms with E-state index < -0.39 is 30.2 Å². The summed E-state index contributed by atoms with van der Waals surface area (Å²) >= 11 is 0. The topological polar surface area (TPSA) is 170 Å². The first-order chi connectivity index (χ1) is 26.0. The second-order valence-electron chi connectivity index (χ2n) is 13.3. The Balaban J connectivity index is 1.22. The molecule has 0 atom stereocenters. The van der Waals surface area contributed by atoms with Gasteiger partial charge in [-0.25, -0.2) is 14.3 Å². The van der Waals surface area contributed by atoms with E-state index in [4.69, 9.17) is 14.2 Å². The summed E-state index contributed by atoms with van der Waals surface area (Å²) in [6.45, 7) is 5.56. The minimum Gasteiger partial charge on any atom is -0.488 e. The number of para-hydroxylation sites is 1. The molecule has 0 saturated carbocycles. The van der Waals surface area contributed by atoms with Crippen LogP contribution in [0.2, 0.25) is 0 Å². The highest BCUT2D eigenvalue weighted by molar-refractivity contribution is 5.97. The normalized spacial score (nSPS) is 12.9. The summed E-state index contributed by atoms with van der Waals surface area (Å²) < 4.78 is 18.3. The molecule has 0 bridgehead atoms. The van der Waals surface area contributed by atoms with Crippen molar-refractivity contribution < 1.29 is 33.4 Å². The van der Waals surface area contributed by atoms with Crippen LogP contribution in [0.25, 0.3) is 16.9 Å². The third-order valence-corrected chi connectivity index (χ3v) is 8.04. The summed E-state index contributed by atoms with van der Waals surface area (Å²) in [5, 5.41) is 18.4. The summed E-state index contributed by atoms with van der Waals surface area (Å²) in [6.07, 6.45) is 1.80. The van der Waals surface area contributed by atoms with Crippen molar-refractivity contribution in [1.29, 1.82) is 0 Å². The van der Waals surface area contributed by atoms with E-state index in [-0.39, 0.29) is 38.0 Å². The molecule has 15 heteroatoms. The second-order valence-corrected chi connectivity index (χ2v) is 13.3. The van der Waals surface area contributed by atoms with E-state index in [0.29, 0.717) is 35.0 Å². The SMILES string of the molecule is CC(C)(C)OC(=O)N1CCN(c2cnn(-c3cc(-c4ccccc4OCc4ccccc4)nnc3NC(=O)CNC(=O)OCc3ccccc3)c2)C(=O)C1. The number of nitrogens with zero attached hydrogens (tertiary/aromatic N) is 6. The number of hydrogen-bond donors (Lipinski definition) is 2. The molecule has 3 heterocycles. The van der Waals surface area contributed by atoms with E-state index in [1.54, 1.807) is 33.0 Å².